The molecule has 80 valence electrons. The van der Waals surface area contributed by atoms with Gasteiger partial charge in [0.15, 0.2) is 0 Å². The van der Waals surface area contributed by atoms with Gasteiger partial charge in [0.1, 0.15) is 0 Å². The van der Waals surface area contributed by atoms with Crippen molar-refractivity contribution in [2.75, 3.05) is 0 Å². The summed E-state index contributed by atoms with van der Waals surface area (Å²) in [6, 6.07) is 2.28. The molecule has 0 aliphatic heterocycles. The van der Waals surface area contributed by atoms with E-state index < -0.39 is 5.97 Å². The van der Waals surface area contributed by atoms with E-state index in [1.165, 1.54) is 25.5 Å². The lowest BCUT2D eigenvalue weighted by atomic mass is 9.93. The maximum atomic E-state index is 10.7. The summed E-state index contributed by atoms with van der Waals surface area (Å²) in [5, 5.41) is 12.2. The summed E-state index contributed by atoms with van der Waals surface area (Å²) in [6.07, 6.45) is 6.83. The van der Waals surface area contributed by atoms with Gasteiger partial charge in [0.2, 0.25) is 0 Å². The summed E-state index contributed by atoms with van der Waals surface area (Å²) in [6.45, 7) is 0.707. The lowest BCUT2D eigenvalue weighted by Crippen LogP contribution is -2.34. The van der Waals surface area contributed by atoms with Gasteiger partial charge in [0.05, 0.1) is 5.56 Å². The molecule has 0 spiro atoms. The summed E-state index contributed by atoms with van der Waals surface area (Å²) in [5.41, 5.74) is 1.18. The highest BCUT2D eigenvalue weighted by molar-refractivity contribution is 5.87. The van der Waals surface area contributed by atoms with Gasteiger partial charge in [0, 0.05) is 25.0 Å². The van der Waals surface area contributed by atoms with Crippen molar-refractivity contribution in [3.8, 4) is 0 Å². The molecule has 0 unspecified atom stereocenters. The van der Waals surface area contributed by atoms with E-state index in [0.29, 0.717) is 12.6 Å². The van der Waals surface area contributed by atoms with Crippen LogP contribution in [0.15, 0.2) is 18.5 Å². The van der Waals surface area contributed by atoms with Gasteiger partial charge in [-0.3, -0.25) is 4.98 Å². The first-order valence-electron chi connectivity index (χ1n) is 5.16. The molecule has 4 nitrogen and oxygen atoms in total. The van der Waals surface area contributed by atoms with Crippen molar-refractivity contribution in [1.29, 1.82) is 0 Å². The third-order valence-corrected chi connectivity index (χ3v) is 2.74. The van der Waals surface area contributed by atoms with Crippen LogP contribution >= 0.6 is 0 Å². The molecule has 0 aromatic carbocycles. The number of nitrogens with zero attached hydrogens (tertiary/aromatic N) is 1. The summed E-state index contributed by atoms with van der Waals surface area (Å²) in [5.74, 6) is -0.923. The van der Waals surface area contributed by atoms with Crippen LogP contribution in [-0.2, 0) is 6.54 Å². The van der Waals surface area contributed by atoms with Crippen molar-refractivity contribution in [3.05, 3.63) is 29.6 Å². The van der Waals surface area contributed by atoms with Gasteiger partial charge in [-0.1, -0.05) is 6.42 Å². The molecule has 2 rings (SSSR count). The van der Waals surface area contributed by atoms with Crippen molar-refractivity contribution in [3.63, 3.8) is 0 Å². The van der Waals surface area contributed by atoms with Crippen LogP contribution in [0.1, 0.15) is 35.2 Å². The first kappa shape index (κ1) is 10.1. The van der Waals surface area contributed by atoms with Crippen molar-refractivity contribution < 1.29 is 9.90 Å². The van der Waals surface area contributed by atoms with E-state index in [-0.39, 0.29) is 5.56 Å². The number of carbonyl (C=O) groups is 1. The Morgan fingerprint density at radius 2 is 2.33 bits per heavy atom. The van der Waals surface area contributed by atoms with Gasteiger partial charge < -0.3 is 10.4 Å². The fourth-order valence-electron chi connectivity index (χ4n) is 1.58. The van der Waals surface area contributed by atoms with Crippen LogP contribution < -0.4 is 5.32 Å². The third-order valence-electron chi connectivity index (χ3n) is 2.74. The lowest BCUT2D eigenvalue weighted by Gasteiger charge is -2.26. The fraction of sp³-hybridized carbons (Fsp3) is 0.455. The number of hydrogen-bond donors (Lipinski definition) is 2. The Hall–Kier alpha value is -1.42. The Balaban J connectivity index is 1.94. The molecule has 1 aromatic rings. The highest BCUT2D eigenvalue weighted by Crippen LogP contribution is 2.18. The second-order valence-corrected chi connectivity index (χ2v) is 3.90. The quantitative estimate of drug-likeness (QED) is 0.782. The van der Waals surface area contributed by atoms with Gasteiger partial charge in [-0.15, -0.1) is 0 Å². The molecule has 0 atom stereocenters. The first-order valence-corrected chi connectivity index (χ1v) is 5.16. The van der Waals surface area contributed by atoms with E-state index in [0.717, 1.165) is 5.56 Å². The number of carboxylic acids is 1. The average molecular weight is 206 g/mol. The zero-order valence-corrected chi connectivity index (χ0v) is 8.44. The minimum atomic E-state index is -0.923. The molecular formula is C11H14N2O2. The Labute approximate surface area is 88.3 Å². The topological polar surface area (TPSA) is 62.2 Å². The molecule has 0 radical (unpaired) electrons. The second-order valence-electron chi connectivity index (χ2n) is 3.90. The number of rotatable bonds is 4. The number of aromatic carboxylic acids is 1. The monoisotopic (exact) mass is 206 g/mol. The van der Waals surface area contributed by atoms with Crippen LogP contribution in [0, 0.1) is 0 Å². The normalized spacial score (nSPS) is 16.0. The molecule has 0 bridgehead atoms. The SMILES string of the molecule is O=C(O)c1cncc(CNC2CCC2)c1. The molecule has 1 aliphatic rings. The highest BCUT2D eigenvalue weighted by Gasteiger charge is 2.16. The Morgan fingerprint density at radius 1 is 1.53 bits per heavy atom. The van der Waals surface area contributed by atoms with Crippen LogP contribution in [0.5, 0.6) is 0 Å². The Kier molecular flexibility index (Phi) is 2.97. The van der Waals surface area contributed by atoms with Crippen LogP contribution in [0.3, 0.4) is 0 Å². The van der Waals surface area contributed by atoms with Crippen LogP contribution in [-0.4, -0.2) is 22.1 Å². The molecule has 1 aromatic heterocycles. The Morgan fingerprint density at radius 3 is 2.93 bits per heavy atom. The highest BCUT2D eigenvalue weighted by atomic mass is 16.4. The zero-order valence-electron chi connectivity index (χ0n) is 8.44. The number of hydrogen-bond acceptors (Lipinski definition) is 3. The van der Waals surface area contributed by atoms with E-state index in [4.69, 9.17) is 5.11 Å². The predicted octanol–water partition coefficient (Wildman–Crippen LogP) is 1.42. The summed E-state index contributed by atoms with van der Waals surface area (Å²) in [4.78, 5) is 14.6. The maximum absolute atomic E-state index is 10.7. The predicted molar refractivity (Wildman–Crippen MR) is 55.7 cm³/mol. The first-order chi connectivity index (χ1) is 7.25. The smallest absolute Gasteiger partial charge is 0.337 e. The van der Waals surface area contributed by atoms with Crippen LogP contribution in [0.25, 0.3) is 0 Å². The lowest BCUT2D eigenvalue weighted by molar-refractivity contribution is 0.0696. The Bertz CT molecular complexity index is 361. The zero-order chi connectivity index (χ0) is 10.7. The van der Waals surface area contributed by atoms with Gasteiger partial charge in [0.25, 0.3) is 0 Å². The molecule has 1 fully saturated rings. The average Bonchev–Trinajstić information content (AvgIpc) is 2.16. The van der Waals surface area contributed by atoms with Gasteiger partial charge >= 0.3 is 5.97 Å². The molecule has 1 aliphatic carbocycles. The molecule has 15 heavy (non-hydrogen) atoms. The number of nitrogens with one attached hydrogen (secondary N) is 1. The van der Waals surface area contributed by atoms with Crippen molar-refractivity contribution >= 4 is 5.97 Å². The molecule has 1 saturated carbocycles. The fourth-order valence-corrected chi connectivity index (χ4v) is 1.58. The van der Waals surface area contributed by atoms with E-state index in [2.05, 4.69) is 10.3 Å². The molecular weight excluding hydrogens is 192 g/mol. The van der Waals surface area contributed by atoms with E-state index >= 15 is 0 Å². The van der Waals surface area contributed by atoms with Gasteiger partial charge in [-0.05, 0) is 24.5 Å². The summed E-state index contributed by atoms with van der Waals surface area (Å²) < 4.78 is 0. The molecule has 0 saturated heterocycles. The van der Waals surface area contributed by atoms with Crippen molar-refractivity contribution in [2.24, 2.45) is 0 Å². The minimum Gasteiger partial charge on any atom is -0.478 e. The summed E-state index contributed by atoms with van der Waals surface area (Å²) >= 11 is 0. The standard InChI is InChI=1S/C11H14N2O2/c14-11(15)9-4-8(5-12-7-9)6-13-10-2-1-3-10/h4-5,7,10,13H,1-3,6H2,(H,14,15). The second kappa shape index (κ2) is 4.40. The van der Waals surface area contributed by atoms with Gasteiger partial charge in [-0.25, -0.2) is 4.79 Å². The molecule has 4 heteroatoms. The summed E-state index contributed by atoms with van der Waals surface area (Å²) in [7, 11) is 0. The number of carboxylic acid groups (broad SMARTS) is 1. The van der Waals surface area contributed by atoms with Crippen LogP contribution in [0.4, 0.5) is 0 Å². The van der Waals surface area contributed by atoms with E-state index in [9.17, 15) is 4.79 Å². The maximum Gasteiger partial charge on any atom is 0.337 e. The van der Waals surface area contributed by atoms with Gasteiger partial charge in [-0.2, -0.15) is 0 Å². The number of aromatic nitrogens is 1. The molecule has 0 amide bonds. The molecule has 2 N–H and O–H groups in total. The molecule has 1 heterocycles. The van der Waals surface area contributed by atoms with E-state index in [1.807, 2.05) is 0 Å². The van der Waals surface area contributed by atoms with Crippen molar-refractivity contribution in [1.82, 2.24) is 10.3 Å². The minimum absolute atomic E-state index is 0.253. The van der Waals surface area contributed by atoms with E-state index in [1.54, 1.807) is 12.3 Å². The van der Waals surface area contributed by atoms with Crippen molar-refractivity contribution in [2.45, 2.75) is 31.8 Å². The largest absolute Gasteiger partial charge is 0.478 e. The van der Waals surface area contributed by atoms with Crippen LogP contribution in [0.2, 0.25) is 0 Å². The number of pyridine rings is 1. The third kappa shape index (κ3) is 2.53.